The maximum absolute atomic E-state index is 13.4. The summed E-state index contributed by atoms with van der Waals surface area (Å²) in [6.45, 7) is 9.73. The Kier molecular flexibility index (Phi) is 7.15. The number of ketones is 1. The molecule has 1 atom stereocenters. The van der Waals surface area contributed by atoms with Crippen LogP contribution in [0, 0.1) is 13.8 Å². The third-order valence-electron chi connectivity index (χ3n) is 6.78. The number of anilines is 2. The minimum absolute atomic E-state index is 0.0834. The van der Waals surface area contributed by atoms with Crippen LogP contribution in [0.4, 0.5) is 11.4 Å². The summed E-state index contributed by atoms with van der Waals surface area (Å²) >= 11 is 0. The van der Waals surface area contributed by atoms with Crippen LogP contribution in [0.3, 0.4) is 0 Å². The Morgan fingerprint density at radius 1 is 0.944 bits per heavy atom. The largest absolute Gasteiger partial charge is 0.507 e. The molecule has 1 heterocycles. The van der Waals surface area contributed by atoms with E-state index in [9.17, 15) is 14.7 Å². The number of carbonyl (C=O) groups excluding carboxylic acids is 2. The van der Waals surface area contributed by atoms with Crippen molar-refractivity contribution in [2.45, 2.75) is 33.7 Å². The molecule has 0 aromatic heterocycles. The Hall–Kier alpha value is -4.06. The number of Topliss-reactive ketones (excluding diaryl/α,β-unsaturated/α-hetero) is 1. The van der Waals surface area contributed by atoms with Gasteiger partial charge in [0.15, 0.2) is 0 Å². The maximum atomic E-state index is 13.4. The summed E-state index contributed by atoms with van der Waals surface area (Å²) in [6.07, 6.45) is 0. The molecule has 6 heteroatoms. The molecule has 1 aliphatic heterocycles. The second-order valence-electron chi connectivity index (χ2n) is 8.95. The fourth-order valence-corrected chi connectivity index (χ4v) is 4.75. The van der Waals surface area contributed by atoms with Crippen molar-refractivity contribution < 1.29 is 19.4 Å². The lowest BCUT2D eigenvalue weighted by atomic mass is 9.93. The van der Waals surface area contributed by atoms with E-state index in [0.717, 1.165) is 35.5 Å². The SMILES string of the molecule is CCN(CC)c1ccc(C2/C(=C(\O)c3cc(C)ccc3C)C(=O)C(=O)N2c2ccc(OC)cc2)cc1. The first-order valence-corrected chi connectivity index (χ1v) is 12.2. The van der Waals surface area contributed by atoms with Gasteiger partial charge >= 0.3 is 0 Å². The lowest BCUT2D eigenvalue weighted by Gasteiger charge is -2.27. The van der Waals surface area contributed by atoms with E-state index in [1.807, 2.05) is 56.3 Å². The molecular weight excluding hydrogens is 452 g/mol. The van der Waals surface area contributed by atoms with Crippen molar-refractivity contribution in [2.24, 2.45) is 0 Å². The molecule has 1 N–H and O–H groups in total. The second kappa shape index (κ2) is 10.3. The van der Waals surface area contributed by atoms with E-state index in [1.165, 1.54) is 4.90 Å². The van der Waals surface area contributed by atoms with E-state index in [1.54, 1.807) is 31.4 Å². The molecule has 1 aliphatic rings. The van der Waals surface area contributed by atoms with Crippen LogP contribution < -0.4 is 14.5 Å². The molecule has 1 amide bonds. The van der Waals surface area contributed by atoms with Gasteiger partial charge in [-0.3, -0.25) is 14.5 Å². The summed E-state index contributed by atoms with van der Waals surface area (Å²) in [7, 11) is 1.57. The van der Waals surface area contributed by atoms with Crippen molar-refractivity contribution in [1.29, 1.82) is 0 Å². The summed E-state index contributed by atoms with van der Waals surface area (Å²) in [5.74, 6) is -0.902. The fraction of sp³-hybridized carbons (Fsp3) is 0.267. The monoisotopic (exact) mass is 484 g/mol. The number of hydrogen-bond acceptors (Lipinski definition) is 5. The number of aliphatic hydroxyl groups excluding tert-OH is 1. The third kappa shape index (κ3) is 4.47. The standard InChI is InChI=1S/C30H32N2O4/c1-6-31(7-2)22-12-10-21(11-13-22)27-26(28(33)25-18-19(3)8-9-20(25)4)29(34)30(35)32(27)23-14-16-24(36-5)17-15-23/h8-18,27,33H,6-7H2,1-5H3/b28-26+. The zero-order valence-electron chi connectivity index (χ0n) is 21.4. The quantitative estimate of drug-likeness (QED) is 0.261. The van der Waals surface area contributed by atoms with Gasteiger partial charge in [-0.2, -0.15) is 0 Å². The van der Waals surface area contributed by atoms with E-state index < -0.39 is 17.7 Å². The molecule has 4 rings (SSSR count). The Balaban J connectivity index is 1.91. The first kappa shape index (κ1) is 25.0. The van der Waals surface area contributed by atoms with Crippen molar-refractivity contribution in [3.05, 3.63) is 94.6 Å². The van der Waals surface area contributed by atoms with Crippen LogP contribution in [0.25, 0.3) is 5.76 Å². The average molecular weight is 485 g/mol. The normalized spacial score (nSPS) is 16.9. The molecule has 0 spiro atoms. The predicted molar refractivity (Wildman–Crippen MR) is 144 cm³/mol. The number of ether oxygens (including phenoxy) is 1. The van der Waals surface area contributed by atoms with Crippen LogP contribution in [0.1, 0.15) is 42.1 Å². The average Bonchev–Trinajstić information content (AvgIpc) is 3.16. The van der Waals surface area contributed by atoms with Gasteiger partial charge in [0.1, 0.15) is 11.5 Å². The highest BCUT2D eigenvalue weighted by atomic mass is 16.5. The summed E-state index contributed by atoms with van der Waals surface area (Å²) in [4.78, 5) is 30.5. The van der Waals surface area contributed by atoms with Gasteiger partial charge in [-0.1, -0.05) is 29.8 Å². The topological polar surface area (TPSA) is 70.1 Å². The number of hydrogen-bond donors (Lipinski definition) is 1. The molecule has 3 aromatic rings. The molecule has 0 radical (unpaired) electrons. The van der Waals surface area contributed by atoms with E-state index in [0.29, 0.717) is 17.0 Å². The number of nitrogens with zero attached hydrogens (tertiary/aromatic N) is 2. The Morgan fingerprint density at radius 2 is 1.58 bits per heavy atom. The summed E-state index contributed by atoms with van der Waals surface area (Å²) in [6, 6.07) is 19.8. The van der Waals surface area contributed by atoms with Gasteiger partial charge in [0.2, 0.25) is 0 Å². The molecule has 1 saturated heterocycles. The van der Waals surface area contributed by atoms with E-state index >= 15 is 0 Å². The predicted octanol–water partition coefficient (Wildman–Crippen LogP) is 5.78. The first-order chi connectivity index (χ1) is 17.3. The van der Waals surface area contributed by atoms with E-state index in [2.05, 4.69) is 18.7 Å². The molecular formula is C30H32N2O4. The number of benzene rings is 3. The van der Waals surface area contributed by atoms with Crippen molar-refractivity contribution in [3.63, 3.8) is 0 Å². The Morgan fingerprint density at radius 3 is 2.17 bits per heavy atom. The van der Waals surface area contributed by atoms with Crippen LogP contribution in [0.5, 0.6) is 5.75 Å². The lowest BCUT2D eigenvalue weighted by Crippen LogP contribution is -2.29. The number of rotatable bonds is 7. The van der Waals surface area contributed by atoms with Gasteiger partial charge in [0.05, 0.1) is 18.7 Å². The van der Waals surface area contributed by atoms with Gasteiger partial charge in [0.25, 0.3) is 11.7 Å². The van der Waals surface area contributed by atoms with Crippen LogP contribution in [-0.2, 0) is 9.59 Å². The molecule has 0 bridgehead atoms. The molecule has 1 fully saturated rings. The van der Waals surface area contributed by atoms with Crippen LogP contribution >= 0.6 is 0 Å². The van der Waals surface area contributed by atoms with Gasteiger partial charge < -0.3 is 14.7 Å². The Labute approximate surface area is 212 Å². The van der Waals surface area contributed by atoms with Crippen molar-refractivity contribution in [1.82, 2.24) is 0 Å². The fourth-order valence-electron chi connectivity index (χ4n) is 4.75. The van der Waals surface area contributed by atoms with Crippen molar-refractivity contribution in [2.75, 3.05) is 30.0 Å². The molecule has 0 saturated carbocycles. The highest BCUT2D eigenvalue weighted by Gasteiger charge is 2.47. The van der Waals surface area contributed by atoms with Gasteiger partial charge in [0, 0.05) is 30.0 Å². The molecule has 6 nitrogen and oxygen atoms in total. The minimum Gasteiger partial charge on any atom is -0.507 e. The first-order valence-electron chi connectivity index (χ1n) is 12.2. The summed E-state index contributed by atoms with van der Waals surface area (Å²) < 4.78 is 5.27. The molecule has 3 aromatic carbocycles. The number of amides is 1. The lowest BCUT2D eigenvalue weighted by molar-refractivity contribution is -0.132. The van der Waals surface area contributed by atoms with Crippen LogP contribution in [-0.4, -0.2) is 37.0 Å². The minimum atomic E-state index is -0.774. The molecule has 1 unspecified atom stereocenters. The molecule has 186 valence electrons. The number of methoxy groups -OCH3 is 1. The number of aliphatic hydroxyl groups is 1. The summed E-state index contributed by atoms with van der Waals surface area (Å²) in [5.41, 5.74) is 4.76. The molecule has 0 aliphatic carbocycles. The zero-order valence-corrected chi connectivity index (χ0v) is 21.4. The van der Waals surface area contributed by atoms with Crippen molar-refractivity contribution >= 4 is 28.8 Å². The van der Waals surface area contributed by atoms with E-state index in [4.69, 9.17) is 4.74 Å². The van der Waals surface area contributed by atoms with Crippen LogP contribution in [0.15, 0.2) is 72.3 Å². The Bertz CT molecular complexity index is 1310. The maximum Gasteiger partial charge on any atom is 0.300 e. The smallest absolute Gasteiger partial charge is 0.300 e. The van der Waals surface area contributed by atoms with Gasteiger partial charge in [-0.05, 0) is 81.3 Å². The number of carbonyl (C=O) groups is 2. The van der Waals surface area contributed by atoms with Gasteiger partial charge in [-0.15, -0.1) is 0 Å². The highest BCUT2D eigenvalue weighted by molar-refractivity contribution is 6.51. The third-order valence-corrected chi connectivity index (χ3v) is 6.78. The zero-order chi connectivity index (χ0) is 26.0. The van der Waals surface area contributed by atoms with E-state index in [-0.39, 0.29) is 11.3 Å². The number of aryl methyl sites for hydroxylation is 2. The van der Waals surface area contributed by atoms with Gasteiger partial charge in [-0.25, -0.2) is 0 Å². The molecule has 36 heavy (non-hydrogen) atoms. The van der Waals surface area contributed by atoms with Crippen LogP contribution in [0.2, 0.25) is 0 Å². The second-order valence-corrected chi connectivity index (χ2v) is 8.95. The summed E-state index contributed by atoms with van der Waals surface area (Å²) in [5, 5.41) is 11.5. The van der Waals surface area contributed by atoms with Crippen molar-refractivity contribution in [3.8, 4) is 5.75 Å². The highest BCUT2D eigenvalue weighted by Crippen LogP contribution is 2.43.